The fourth-order valence-corrected chi connectivity index (χ4v) is 4.40. The first-order valence-corrected chi connectivity index (χ1v) is 10.8. The van der Waals surface area contributed by atoms with Crippen LogP contribution < -0.4 is 4.74 Å². The van der Waals surface area contributed by atoms with Crippen LogP contribution in [0.15, 0.2) is 53.9 Å². The monoisotopic (exact) mass is 436 g/mol. The molecule has 1 fully saturated rings. The van der Waals surface area contributed by atoms with Gasteiger partial charge in [0, 0.05) is 37.1 Å². The lowest BCUT2D eigenvalue weighted by molar-refractivity contribution is 0.0601. The maximum atomic E-state index is 13.1. The minimum absolute atomic E-state index is 0.123. The third kappa shape index (κ3) is 4.58. The number of rotatable bonds is 5. The van der Waals surface area contributed by atoms with Crippen LogP contribution in [0.3, 0.4) is 0 Å². The Morgan fingerprint density at radius 2 is 1.81 bits per heavy atom. The Morgan fingerprint density at radius 3 is 2.42 bits per heavy atom. The largest absolute Gasteiger partial charge is 0.497 e. The molecule has 1 unspecified atom stereocenters. The average Bonchev–Trinajstić information content (AvgIpc) is 3.31. The van der Waals surface area contributed by atoms with Gasteiger partial charge in [0.05, 0.1) is 13.2 Å². The van der Waals surface area contributed by atoms with Crippen molar-refractivity contribution in [3.8, 4) is 22.4 Å². The normalized spacial score (nSPS) is 15.3. The molecule has 0 saturated carbocycles. The fourth-order valence-electron chi connectivity index (χ4n) is 3.60. The van der Waals surface area contributed by atoms with Crippen LogP contribution in [-0.2, 0) is 0 Å². The quantitative estimate of drug-likeness (QED) is 0.605. The molecule has 0 N–H and O–H groups in total. The van der Waals surface area contributed by atoms with Crippen molar-refractivity contribution in [2.75, 3.05) is 33.3 Å². The van der Waals surface area contributed by atoms with Crippen LogP contribution in [0, 0.1) is 17.1 Å². The Kier molecular flexibility index (Phi) is 6.26. The second-order valence-corrected chi connectivity index (χ2v) is 8.04. The van der Waals surface area contributed by atoms with Gasteiger partial charge in [-0.05, 0) is 42.0 Å². The lowest BCUT2D eigenvalue weighted by Gasteiger charge is -2.36. The summed E-state index contributed by atoms with van der Waals surface area (Å²) in [6.07, 6.45) is 0. The molecule has 158 valence electrons. The molecule has 1 aliphatic heterocycles. The average molecular weight is 437 g/mol. The number of amides is 1. The molecule has 1 atom stereocenters. The highest BCUT2D eigenvalue weighted by Gasteiger charge is 2.28. The molecule has 2 heterocycles. The fraction of sp³-hybridized carbons (Fsp3) is 0.261. The van der Waals surface area contributed by atoms with Crippen molar-refractivity contribution < 1.29 is 13.9 Å². The van der Waals surface area contributed by atoms with Gasteiger partial charge in [0.25, 0.3) is 5.91 Å². The summed E-state index contributed by atoms with van der Waals surface area (Å²) >= 11 is 1.37. The van der Waals surface area contributed by atoms with Crippen molar-refractivity contribution in [1.82, 2.24) is 14.8 Å². The standard InChI is InChI=1S/C23H21FN4O2S/c1-30-19-8-4-16(5-9-19)21(14-25)27-10-12-28(13-11-27)23(29)20-15-31-22(26-20)17-2-6-18(24)7-3-17/h2-9,15,21H,10-13H2,1H3. The van der Waals surface area contributed by atoms with E-state index in [2.05, 4.69) is 16.0 Å². The number of carbonyl (C=O) groups is 1. The van der Waals surface area contributed by atoms with E-state index in [9.17, 15) is 14.4 Å². The highest BCUT2D eigenvalue weighted by atomic mass is 32.1. The summed E-state index contributed by atoms with van der Waals surface area (Å²) < 4.78 is 18.3. The molecule has 1 aromatic heterocycles. The third-order valence-corrected chi connectivity index (χ3v) is 6.23. The van der Waals surface area contributed by atoms with Crippen LogP contribution in [0.1, 0.15) is 22.1 Å². The first-order valence-electron chi connectivity index (χ1n) is 9.87. The number of halogens is 1. The summed E-state index contributed by atoms with van der Waals surface area (Å²) in [5, 5.41) is 12.1. The maximum absolute atomic E-state index is 13.1. The Bertz CT molecular complexity index is 1080. The lowest BCUT2D eigenvalue weighted by Crippen LogP contribution is -2.49. The van der Waals surface area contributed by atoms with E-state index in [0.717, 1.165) is 16.9 Å². The number of hydrogen-bond donors (Lipinski definition) is 0. The first kappa shape index (κ1) is 21.0. The van der Waals surface area contributed by atoms with Crippen molar-refractivity contribution in [2.45, 2.75) is 6.04 Å². The van der Waals surface area contributed by atoms with Gasteiger partial charge in [0.2, 0.25) is 0 Å². The number of carbonyl (C=O) groups excluding carboxylic acids is 1. The zero-order valence-corrected chi connectivity index (χ0v) is 17.8. The van der Waals surface area contributed by atoms with Crippen molar-refractivity contribution in [3.05, 3.63) is 71.0 Å². The highest BCUT2D eigenvalue weighted by Crippen LogP contribution is 2.26. The molecule has 0 radical (unpaired) electrons. The Labute approximate surface area is 184 Å². The van der Waals surface area contributed by atoms with Crippen molar-refractivity contribution in [2.24, 2.45) is 0 Å². The molecule has 0 bridgehead atoms. The summed E-state index contributed by atoms with van der Waals surface area (Å²) in [5.41, 5.74) is 2.09. The molecule has 31 heavy (non-hydrogen) atoms. The second-order valence-electron chi connectivity index (χ2n) is 7.18. The summed E-state index contributed by atoms with van der Waals surface area (Å²) in [6, 6.07) is 15.6. The maximum Gasteiger partial charge on any atom is 0.273 e. The summed E-state index contributed by atoms with van der Waals surface area (Å²) in [5.74, 6) is 0.320. The molecule has 0 spiro atoms. The number of hydrogen-bond acceptors (Lipinski definition) is 6. The zero-order valence-electron chi connectivity index (χ0n) is 17.0. The lowest BCUT2D eigenvalue weighted by atomic mass is 10.1. The van der Waals surface area contributed by atoms with E-state index in [1.54, 1.807) is 29.5 Å². The van der Waals surface area contributed by atoms with Crippen LogP contribution in [0.5, 0.6) is 5.75 Å². The van der Waals surface area contributed by atoms with Crippen LogP contribution in [0.4, 0.5) is 4.39 Å². The number of thiazole rings is 1. The molecule has 4 rings (SSSR count). The van der Waals surface area contributed by atoms with Gasteiger partial charge < -0.3 is 9.64 Å². The van der Waals surface area contributed by atoms with E-state index < -0.39 is 0 Å². The smallest absolute Gasteiger partial charge is 0.273 e. The van der Waals surface area contributed by atoms with E-state index in [1.807, 2.05) is 24.3 Å². The summed E-state index contributed by atoms with van der Waals surface area (Å²) in [6.45, 7) is 2.25. The predicted octanol–water partition coefficient (Wildman–Crippen LogP) is 3.98. The van der Waals surface area contributed by atoms with Gasteiger partial charge in [-0.25, -0.2) is 9.37 Å². The Balaban J connectivity index is 1.39. The molecule has 2 aromatic carbocycles. The van der Waals surface area contributed by atoms with Crippen LogP contribution in [-0.4, -0.2) is 54.0 Å². The van der Waals surface area contributed by atoms with Crippen LogP contribution in [0.2, 0.25) is 0 Å². The van der Waals surface area contributed by atoms with Crippen LogP contribution >= 0.6 is 11.3 Å². The van der Waals surface area contributed by atoms with E-state index in [1.165, 1.54) is 23.5 Å². The highest BCUT2D eigenvalue weighted by molar-refractivity contribution is 7.13. The summed E-state index contributed by atoms with van der Waals surface area (Å²) in [7, 11) is 1.61. The number of methoxy groups -OCH3 is 1. The molecule has 6 nitrogen and oxygen atoms in total. The molecule has 1 saturated heterocycles. The predicted molar refractivity (Wildman–Crippen MR) is 116 cm³/mol. The minimum Gasteiger partial charge on any atom is -0.497 e. The van der Waals surface area contributed by atoms with Gasteiger partial charge in [-0.2, -0.15) is 5.26 Å². The van der Waals surface area contributed by atoms with E-state index in [0.29, 0.717) is 36.9 Å². The molecular formula is C23H21FN4O2S. The van der Waals surface area contributed by atoms with Gasteiger partial charge in [-0.3, -0.25) is 9.69 Å². The molecule has 1 aliphatic rings. The number of aromatic nitrogens is 1. The Hall–Kier alpha value is -3.28. The SMILES string of the molecule is COc1ccc(C(C#N)N2CCN(C(=O)c3csc(-c4ccc(F)cc4)n3)CC2)cc1. The number of ether oxygens (including phenoxy) is 1. The first-order chi connectivity index (χ1) is 15.1. The molecule has 8 heteroatoms. The number of benzene rings is 2. The van der Waals surface area contributed by atoms with Gasteiger partial charge in [0.15, 0.2) is 0 Å². The van der Waals surface area contributed by atoms with Crippen LogP contribution in [0.25, 0.3) is 10.6 Å². The molecule has 3 aromatic rings. The molecule has 0 aliphatic carbocycles. The zero-order chi connectivity index (χ0) is 21.8. The molecular weight excluding hydrogens is 415 g/mol. The van der Waals surface area contributed by atoms with Gasteiger partial charge >= 0.3 is 0 Å². The second kappa shape index (κ2) is 9.25. The minimum atomic E-state index is -0.368. The van der Waals surface area contributed by atoms with Crippen molar-refractivity contribution >= 4 is 17.2 Å². The van der Waals surface area contributed by atoms with Gasteiger partial charge in [0.1, 0.15) is 28.3 Å². The molecule has 1 amide bonds. The van der Waals surface area contributed by atoms with E-state index in [-0.39, 0.29) is 17.8 Å². The van der Waals surface area contributed by atoms with Gasteiger partial charge in [-0.1, -0.05) is 12.1 Å². The Morgan fingerprint density at radius 1 is 1.13 bits per heavy atom. The van der Waals surface area contributed by atoms with Crippen molar-refractivity contribution in [3.63, 3.8) is 0 Å². The van der Waals surface area contributed by atoms with E-state index >= 15 is 0 Å². The van der Waals surface area contributed by atoms with E-state index in [4.69, 9.17) is 4.74 Å². The third-order valence-electron chi connectivity index (χ3n) is 5.33. The number of piperazine rings is 1. The number of nitriles is 1. The number of nitrogens with zero attached hydrogens (tertiary/aromatic N) is 4. The van der Waals surface area contributed by atoms with Gasteiger partial charge in [-0.15, -0.1) is 11.3 Å². The summed E-state index contributed by atoms with van der Waals surface area (Å²) in [4.78, 5) is 21.2. The van der Waals surface area contributed by atoms with Crippen molar-refractivity contribution in [1.29, 1.82) is 5.26 Å². The topological polar surface area (TPSA) is 69.5 Å².